The normalized spacial score (nSPS) is 14.1. The molecule has 3 N–H and O–H groups in total. The van der Waals surface area contributed by atoms with Crippen LogP contribution in [0.4, 0.5) is 11.4 Å². The summed E-state index contributed by atoms with van der Waals surface area (Å²) in [6, 6.07) is 4.41. The van der Waals surface area contributed by atoms with Crippen molar-refractivity contribution >= 4 is 17.3 Å². The minimum atomic E-state index is 0.861. The molecule has 0 aromatic heterocycles. The van der Waals surface area contributed by atoms with E-state index < -0.39 is 0 Å². The van der Waals surface area contributed by atoms with E-state index in [2.05, 4.69) is 46.9 Å². The van der Waals surface area contributed by atoms with Gasteiger partial charge in [-0.2, -0.15) is 0 Å². The van der Waals surface area contributed by atoms with Gasteiger partial charge in [0.25, 0.3) is 0 Å². The molecule has 1 heterocycles. The van der Waals surface area contributed by atoms with Crippen molar-refractivity contribution in [2.24, 2.45) is 4.99 Å². The first-order valence-corrected chi connectivity index (χ1v) is 6.67. The van der Waals surface area contributed by atoms with E-state index >= 15 is 0 Å². The van der Waals surface area contributed by atoms with Gasteiger partial charge in [0, 0.05) is 25.0 Å². The number of hydrogen-bond donors (Lipinski definition) is 3. The molecule has 4 nitrogen and oxygen atoms in total. The first-order chi connectivity index (χ1) is 8.78. The molecule has 1 aromatic rings. The highest BCUT2D eigenvalue weighted by Gasteiger charge is 2.12. The average molecular weight is 246 g/mol. The molecule has 0 unspecified atom stereocenters. The minimum Gasteiger partial charge on any atom is -0.388 e. The summed E-state index contributed by atoms with van der Waals surface area (Å²) in [5, 5.41) is 9.93. The molecule has 0 radical (unpaired) electrons. The molecule has 98 valence electrons. The van der Waals surface area contributed by atoms with Crippen LogP contribution in [0.25, 0.3) is 0 Å². The summed E-state index contributed by atoms with van der Waals surface area (Å²) >= 11 is 0. The van der Waals surface area contributed by atoms with Crippen LogP contribution in [0.1, 0.15) is 25.0 Å². The van der Waals surface area contributed by atoms with Gasteiger partial charge in [0.15, 0.2) is 5.96 Å². The van der Waals surface area contributed by atoms with Crippen LogP contribution in [-0.2, 0) is 12.8 Å². The van der Waals surface area contributed by atoms with E-state index in [0.29, 0.717) is 0 Å². The Labute approximate surface area is 109 Å². The van der Waals surface area contributed by atoms with Gasteiger partial charge in [-0.15, -0.1) is 0 Å². The summed E-state index contributed by atoms with van der Waals surface area (Å²) in [7, 11) is 1.96. The molecule has 0 atom stereocenters. The Morgan fingerprint density at radius 1 is 1.22 bits per heavy atom. The first-order valence-electron chi connectivity index (χ1n) is 6.67. The van der Waals surface area contributed by atoms with Crippen molar-refractivity contribution in [2.75, 3.05) is 30.8 Å². The van der Waals surface area contributed by atoms with E-state index in [1.165, 1.54) is 22.5 Å². The second-order valence-corrected chi connectivity index (χ2v) is 4.41. The van der Waals surface area contributed by atoms with Gasteiger partial charge >= 0.3 is 0 Å². The van der Waals surface area contributed by atoms with E-state index in [4.69, 9.17) is 0 Å². The van der Waals surface area contributed by atoms with Gasteiger partial charge in [-0.3, -0.25) is 4.99 Å². The summed E-state index contributed by atoms with van der Waals surface area (Å²) in [5.41, 5.74) is 5.05. The summed E-state index contributed by atoms with van der Waals surface area (Å²) in [6.45, 7) is 6.16. The molecule has 0 saturated carbocycles. The predicted octanol–water partition coefficient (Wildman–Crippen LogP) is 2.22. The molecule has 0 spiro atoms. The topological polar surface area (TPSA) is 48.5 Å². The molecule has 0 bridgehead atoms. The third-order valence-electron chi connectivity index (χ3n) is 3.27. The third-order valence-corrected chi connectivity index (χ3v) is 3.27. The Kier molecular flexibility index (Phi) is 4.07. The standard InChI is InChI=1S/C14H22N4/c1-4-10-8-12(15-3)9-11(5-2)13(10)18-14-16-6-7-17-14/h8-9,15H,4-7H2,1-3H3,(H2,16,17,18). The fourth-order valence-electron chi connectivity index (χ4n) is 2.23. The van der Waals surface area contributed by atoms with E-state index in [0.717, 1.165) is 31.9 Å². The highest BCUT2D eigenvalue weighted by molar-refractivity contribution is 5.96. The highest BCUT2D eigenvalue weighted by atomic mass is 15.2. The zero-order valence-electron chi connectivity index (χ0n) is 11.4. The quantitative estimate of drug-likeness (QED) is 0.763. The molecule has 4 heteroatoms. The number of guanidine groups is 1. The number of hydrogen-bond acceptors (Lipinski definition) is 4. The van der Waals surface area contributed by atoms with Gasteiger partial charge in [0.1, 0.15) is 0 Å². The number of nitrogens with one attached hydrogen (secondary N) is 3. The Balaban J connectivity index is 2.36. The number of rotatable bonds is 4. The maximum Gasteiger partial charge on any atom is 0.195 e. The molecule has 0 fully saturated rings. The van der Waals surface area contributed by atoms with Crippen molar-refractivity contribution in [3.63, 3.8) is 0 Å². The molecule has 1 aromatic carbocycles. The number of anilines is 2. The van der Waals surface area contributed by atoms with Crippen LogP contribution in [0, 0.1) is 0 Å². The van der Waals surface area contributed by atoms with Crippen molar-refractivity contribution in [1.29, 1.82) is 0 Å². The second-order valence-electron chi connectivity index (χ2n) is 4.41. The molecular formula is C14H22N4. The van der Waals surface area contributed by atoms with Crippen molar-refractivity contribution < 1.29 is 0 Å². The summed E-state index contributed by atoms with van der Waals surface area (Å²) in [5.74, 6) is 0.900. The van der Waals surface area contributed by atoms with Gasteiger partial charge in [-0.05, 0) is 36.1 Å². The van der Waals surface area contributed by atoms with Crippen molar-refractivity contribution in [2.45, 2.75) is 26.7 Å². The lowest BCUT2D eigenvalue weighted by Crippen LogP contribution is -2.27. The van der Waals surface area contributed by atoms with Crippen LogP contribution in [0.3, 0.4) is 0 Å². The third kappa shape index (κ3) is 2.58. The van der Waals surface area contributed by atoms with Crippen molar-refractivity contribution in [1.82, 2.24) is 5.32 Å². The largest absolute Gasteiger partial charge is 0.388 e. The number of benzene rings is 1. The summed E-state index contributed by atoms with van der Waals surface area (Å²) in [6.07, 6.45) is 2.02. The summed E-state index contributed by atoms with van der Waals surface area (Å²) in [4.78, 5) is 4.40. The van der Waals surface area contributed by atoms with Crippen LogP contribution in [0.15, 0.2) is 17.1 Å². The predicted molar refractivity (Wildman–Crippen MR) is 78.7 cm³/mol. The fourth-order valence-corrected chi connectivity index (χ4v) is 2.23. The van der Waals surface area contributed by atoms with Crippen LogP contribution in [0.5, 0.6) is 0 Å². The van der Waals surface area contributed by atoms with Crippen LogP contribution >= 0.6 is 0 Å². The lowest BCUT2D eigenvalue weighted by atomic mass is 10.0. The Bertz CT molecular complexity index is 426. The maximum absolute atomic E-state index is 4.40. The molecule has 0 aliphatic carbocycles. The maximum atomic E-state index is 4.40. The fraction of sp³-hybridized carbons (Fsp3) is 0.500. The molecule has 0 amide bonds. The monoisotopic (exact) mass is 246 g/mol. The lowest BCUT2D eigenvalue weighted by Gasteiger charge is -2.17. The Hall–Kier alpha value is -1.71. The molecule has 1 aliphatic heterocycles. The molecular weight excluding hydrogens is 224 g/mol. The van der Waals surface area contributed by atoms with Crippen LogP contribution < -0.4 is 16.0 Å². The first kappa shape index (κ1) is 12.7. The van der Waals surface area contributed by atoms with Crippen molar-refractivity contribution in [3.05, 3.63) is 23.3 Å². The highest BCUT2D eigenvalue weighted by Crippen LogP contribution is 2.27. The van der Waals surface area contributed by atoms with Gasteiger partial charge in [0.2, 0.25) is 0 Å². The van der Waals surface area contributed by atoms with E-state index in [1.807, 2.05) is 7.05 Å². The molecule has 0 saturated heterocycles. The number of aryl methyl sites for hydroxylation is 2. The van der Waals surface area contributed by atoms with E-state index in [-0.39, 0.29) is 0 Å². The van der Waals surface area contributed by atoms with Gasteiger partial charge in [-0.25, -0.2) is 0 Å². The molecule has 18 heavy (non-hydrogen) atoms. The van der Waals surface area contributed by atoms with E-state index in [1.54, 1.807) is 0 Å². The number of aliphatic imine (C=N–C) groups is 1. The minimum absolute atomic E-state index is 0.861. The van der Waals surface area contributed by atoms with Crippen molar-refractivity contribution in [3.8, 4) is 0 Å². The molecule has 2 rings (SSSR count). The number of nitrogens with zero attached hydrogens (tertiary/aromatic N) is 1. The zero-order valence-corrected chi connectivity index (χ0v) is 11.4. The SMILES string of the molecule is CCc1cc(NC)cc(CC)c1NC1=NCCN1. The summed E-state index contributed by atoms with van der Waals surface area (Å²) < 4.78 is 0. The van der Waals surface area contributed by atoms with E-state index in [9.17, 15) is 0 Å². The average Bonchev–Trinajstić information content (AvgIpc) is 2.91. The van der Waals surface area contributed by atoms with Gasteiger partial charge < -0.3 is 16.0 Å². The molecule has 1 aliphatic rings. The van der Waals surface area contributed by atoms with Gasteiger partial charge in [0.05, 0.1) is 6.54 Å². The zero-order chi connectivity index (χ0) is 13.0. The second kappa shape index (κ2) is 5.76. The van der Waals surface area contributed by atoms with Crippen LogP contribution in [-0.4, -0.2) is 26.1 Å². The Morgan fingerprint density at radius 2 is 1.89 bits per heavy atom. The smallest absolute Gasteiger partial charge is 0.195 e. The lowest BCUT2D eigenvalue weighted by molar-refractivity contribution is 0.958. The van der Waals surface area contributed by atoms with Crippen LogP contribution in [0.2, 0.25) is 0 Å². The Morgan fingerprint density at radius 3 is 2.33 bits per heavy atom. The van der Waals surface area contributed by atoms with Gasteiger partial charge in [-0.1, -0.05) is 13.8 Å².